The monoisotopic (exact) mass is 351 g/mol. The van der Waals surface area contributed by atoms with Gasteiger partial charge in [-0.3, -0.25) is 4.79 Å². The topological polar surface area (TPSA) is 39.2 Å². The molecular weight excluding hydrogens is 347 g/mol. The fourth-order valence-electron chi connectivity index (χ4n) is 1.34. The van der Waals surface area contributed by atoms with Gasteiger partial charge >= 0.3 is 6.36 Å². The second kappa shape index (κ2) is 5.30. The zero-order valence-electron chi connectivity index (χ0n) is 9.07. The Balaban J connectivity index is 2.34. The fraction of sp³-hybridized carbons (Fsp3) is 0.0909. The predicted octanol–water partition coefficient (Wildman–Crippen LogP) is 4.28. The van der Waals surface area contributed by atoms with E-state index in [4.69, 9.17) is 0 Å². The minimum Gasteiger partial charge on any atom is -0.406 e. The van der Waals surface area contributed by atoms with E-state index < -0.39 is 6.36 Å². The third-order valence-electron chi connectivity index (χ3n) is 2.04. The summed E-state index contributed by atoms with van der Waals surface area (Å²) in [5.41, 5.74) is 0.655. The Bertz CT molecular complexity index is 612. The van der Waals surface area contributed by atoms with E-state index in [1.54, 1.807) is 6.07 Å². The van der Waals surface area contributed by atoms with Gasteiger partial charge in [0.25, 0.3) is 0 Å². The molecule has 0 unspecified atom stereocenters. The molecule has 0 bridgehead atoms. The quantitative estimate of drug-likeness (QED) is 0.774. The highest BCUT2D eigenvalue weighted by molar-refractivity contribution is 9.11. The number of nitrogens with zero attached hydrogens (tertiary/aromatic N) is 1. The molecule has 0 aliphatic rings. The van der Waals surface area contributed by atoms with Crippen molar-refractivity contribution in [2.24, 2.45) is 0 Å². The van der Waals surface area contributed by atoms with Gasteiger partial charge in [-0.2, -0.15) is 0 Å². The number of rotatable bonds is 3. The average Bonchev–Trinajstić information content (AvgIpc) is 2.69. The molecule has 3 nitrogen and oxygen atoms in total. The summed E-state index contributed by atoms with van der Waals surface area (Å²) in [7, 11) is 0. The SMILES string of the molecule is O=Cc1nc(-c2cccc(OC(F)(F)F)c2)sc1Br. The summed E-state index contributed by atoms with van der Waals surface area (Å²) in [6.07, 6.45) is -4.17. The van der Waals surface area contributed by atoms with Crippen LogP contribution in [0.1, 0.15) is 10.5 Å². The van der Waals surface area contributed by atoms with Crippen LogP contribution in [0, 0.1) is 0 Å². The van der Waals surface area contributed by atoms with Gasteiger partial charge in [-0.25, -0.2) is 4.98 Å². The van der Waals surface area contributed by atoms with E-state index in [9.17, 15) is 18.0 Å². The summed E-state index contributed by atoms with van der Waals surface area (Å²) in [6.45, 7) is 0. The third kappa shape index (κ3) is 3.54. The molecule has 0 aliphatic heterocycles. The van der Waals surface area contributed by atoms with Crippen LogP contribution in [0.5, 0.6) is 5.75 Å². The van der Waals surface area contributed by atoms with Gasteiger partial charge in [-0.1, -0.05) is 12.1 Å². The van der Waals surface area contributed by atoms with Crippen LogP contribution in [0.15, 0.2) is 28.1 Å². The molecule has 0 atom stereocenters. The maximum Gasteiger partial charge on any atom is 0.573 e. The molecule has 0 saturated carbocycles. The van der Waals surface area contributed by atoms with Gasteiger partial charge in [0.15, 0.2) is 6.29 Å². The van der Waals surface area contributed by atoms with E-state index in [-0.39, 0.29) is 11.4 Å². The maximum atomic E-state index is 12.1. The highest BCUT2D eigenvalue weighted by atomic mass is 79.9. The molecule has 0 radical (unpaired) electrons. The second-order valence-corrected chi connectivity index (χ2v) is 5.69. The number of benzene rings is 1. The average molecular weight is 352 g/mol. The van der Waals surface area contributed by atoms with E-state index in [0.717, 1.165) is 11.3 Å². The smallest absolute Gasteiger partial charge is 0.406 e. The highest BCUT2D eigenvalue weighted by Gasteiger charge is 2.31. The van der Waals surface area contributed by atoms with Crippen LogP contribution in [-0.4, -0.2) is 17.6 Å². The van der Waals surface area contributed by atoms with Crippen molar-refractivity contribution in [3.05, 3.63) is 33.7 Å². The lowest BCUT2D eigenvalue weighted by molar-refractivity contribution is -0.274. The maximum absolute atomic E-state index is 12.1. The number of hydrogen-bond acceptors (Lipinski definition) is 4. The number of alkyl halides is 3. The first-order chi connectivity index (χ1) is 8.89. The summed E-state index contributed by atoms with van der Waals surface area (Å²) in [4.78, 5) is 14.7. The van der Waals surface area contributed by atoms with Gasteiger partial charge in [-0.05, 0) is 28.1 Å². The van der Waals surface area contributed by atoms with Crippen molar-refractivity contribution in [1.82, 2.24) is 4.98 Å². The van der Waals surface area contributed by atoms with Crippen molar-refractivity contribution in [2.45, 2.75) is 6.36 Å². The predicted molar refractivity (Wildman–Crippen MR) is 67.3 cm³/mol. The zero-order chi connectivity index (χ0) is 14.0. The molecule has 1 aromatic heterocycles. The first-order valence-corrected chi connectivity index (χ1v) is 6.47. The van der Waals surface area contributed by atoms with Gasteiger partial charge in [0.05, 0.1) is 0 Å². The Kier molecular flexibility index (Phi) is 3.91. The Morgan fingerprint density at radius 1 is 1.37 bits per heavy atom. The van der Waals surface area contributed by atoms with Crippen molar-refractivity contribution in [2.75, 3.05) is 0 Å². The molecule has 2 aromatic rings. The first kappa shape index (κ1) is 14.0. The van der Waals surface area contributed by atoms with E-state index in [1.807, 2.05) is 0 Å². The molecule has 19 heavy (non-hydrogen) atoms. The minimum absolute atomic E-state index is 0.210. The van der Waals surface area contributed by atoms with Gasteiger partial charge in [-0.15, -0.1) is 24.5 Å². The lowest BCUT2D eigenvalue weighted by Gasteiger charge is -2.09. The molecular formula is C11H5BrF3NO2S. The Labute approximate surface area is 118 Å². The number of aldehydes is 1. The van der Waals surface area contributed by atoms with Crippen LogP contribution in [0.2, 0.25) is 0 Å². The Morgan fingerprint density at radius 3 is 2.68 bits per heavy atom. The van der Waals surface area contributed by atoms with Gasteiger partial charge in [0.1, 0.15) is 20.2 Å². The Morgan fingerprint density at radius 2 is 2.11 bits per heavy atom. The molecule has 0 fully saturated rings. The highest BCUT2D eigenvalue weighted by Crippen LogP contribution is 2.33. The molecule has 100 valence electrons. The molecule has 0 spiro atoms. The number of aromatic nitrogens is 1. The summed E-state index contributed by atoms with van der Waals surface area (Å²) in [5.74, 6) is -0.330. The summed E-state index contributed by atoms with van der Waals surface area (Å²) in [5, 5.41) is 0.432. The van der Waals surface area contributed by atoms with Crippen LogP contribution in [0.3, 0.4) is 0 Å². The van der Waals surface area contributed by atoms with Crippen LogP contribution in [-0.2, 0) is 0 Å². The molecule has 0 saturated heterocycles. The number of halogens is 4. The largest absolute Gasteiger partial charge is 0.573 e. The lowest BCUT2D eigenvalue weighted by Crippen LogP contribution is -2.17. The summed E-state index contributed by atoms with van der Waals surface area (Å²) < 4.78 is 40.7. The van der Waals surface area contributed by atoms with Gasteiger partial charge in [0, 0.05) is 5.56 Å². The van der Waals surface area contributed by atoms with E-state index in [1.165, 1.54) is 18.2 Å². The molecule has 0 amide bonds. The first-order valence-electron chi connectivity index (χ1n) is 4.87. The standard InChI is InChI=1S/C11H5BrF3NO2S/c12-9-8(5-17)16-10(19-9)6-2-1-3-7(4-6)18-11(13,14)15/h1-5H. The number of carbonyl (C=O) groups is 1. The van der Waals surface area contributed by atoms with Crippen molar-refractivity contribution in [3.8, 4) is 16.3 Å². The van der Waals surface area contributed by atoms with Crippen LogP contribution in [0.25, 0.3) is 10.6 Å². The number of ether oxygens (including phenoxy) is 1. The molecule has 1 aromatic carbocycles. The zero-order valence-corrected chi connectivity index (χ0v) is 11.5. The second-order valence-electron chi connectivity index (χ2n) is 3.37. The van der Waals surface area contributed by atoms with Gasteiger partial charge in [0.2, 0.25) is 0 Å². The van der Waals surface area contributed by atoms with E-state index in [2.05, 4.69) is 25.7 Å². The van der Waals surface area contributed by atoms with E-state index >= 15 is 0 Å². The van der Waals surface area contributed by atoms with Crippen LogP contribution < -0.4 is 4.74 Å². The number of thiazole rings is 1. The fourth-order valence-corrected chi connectivity index (χ4v) is 2.73. The van der Waals surface area contributed by atoms with Crippen LogP contribution in [0.4, 0.5) is 13.2 Å². The van der Waals surface area contributed by atoms with E-state index in [0.29, 0.717) is 20.6 Å². The lowest BCUT2D eigenvalue weighted by atomic mass is 10.2. The Hall–Kier alpha value is -1.41. The molecule has 0 N–H and O–H groups in total. The van der Waals surface area contributed by atoms with Crippen molar-refractivity contribution >= 4 is 33.6 Å². The summed E-state index contributed by atoms with van der Waals surface area (Å²) in [6, 6.07) is 5.42. The van der Waals surface area contributed by atoms with Crippen molar-refractivity contribution in [1.29, 1.82) is 0 Å². The third-order valence-corrected chi connectivity index (χ3v) is 3.84. The van der Waals surface area contributed by atoms with Crippen molar-refractivity contribution < 1.29 is 22.7 Å². The van der Waals surface area contributed by atoms with Crippen molar-refractivity contribution in [3.63, 3.8) is 0 Å². The molecule has 0 aliphatic carbocycles. The summed E-state index contributed by atoms with van der Waals surface area (Å²) >= 11 is 4.31. The minimum atomic E-state index is -4.74. The van der Waals surface area contributed by atoms with Gasteiger partial charge < -0.3 is 4.74 Å². The normalized spacial score (nSPS) is 11.4. The number of carbonyl (C=O) groups excluding carboxylic acids is 1. The number of hydrogen-bond donors (Lipinski definition) is 0. The molecule has 8 heteroatoms. The molecule has 1 heterocycles. The molecule has 2 rings (SSSR count). The van der Waals surface area contributed by atoms with Crippen LogP contribution >= 0.6 is 27.3 Å².